The van der Waals surface area contributed by atoms with Gasteiger partial charge in [0, 0.05) is 24.7 Å². The molecule has 4 amide bonds. The van der Waals surface area contributed by atoms with Gasteiger partial charge in [0.05, 0.1) is 0 Å². The lowest BCUT2D eigenvalue weighted by Crippen LogP contribution is -2.51. The van der Waals surface area contributed by atoms with Crippen LogP contribution in [0.5, 0.6) is 0 Å². The molecule has 3 unspecified atom stereocenters. The minimum Gasteiger partial charge on any atom is -0.334 e. The van der Waals surface area contributed by atoms with E-state index in [1.165, 1.54) is 0 Å². The summed E-state index contributed by atoms with van der Waals surface area (Å²) in [4.78, 5) is 38.1. The highest BCUT2D eigenvalue weighted by Gasteiger charge is 2.43. The summed E-state index contributed by atoms with van der Waals surface area (Å²) >= 11 is 0. The number of imide groups is 1. The Morgan fingerprint density at radius 3 is 2.50 bits per heavy atom. The van der Waals surface area contributed by atoms with Crippen molar-refractivity contribution in [3.05, 3.63) is 35.4 Å². The van der Waals surface area contributed by atoms with Gasteiger partial charge in [-0.2, -0.15) is 0 Å². The average Bonchev–Trinajstić information content (AvgIpc) is 2.87. The number of nitrogens with one attached hydrogen (secondary N) is 2. The lowest BCUT2D eigenvalue weighted by atomic mass is 9.89. The smallest absolute Gasteiger partial charge is 0.322 e. The molecule has 8 heteroatoms. The van der Waals surface area contributed by atoms with Crippen molar-refractivity contribution in [2.24, 2.45) is 11.7 Å². The Balaban J connectivity index is 0.00000243. The zero-order valence-corrected chi connectivity index (χ0v) is 15.8. The number of carbonyl (C=O) groups excluding carboxylic acids is 3. The highest BCUT2D eigenvalue weighted by Crippen LogP contribution is 2.27. The van der Waals surface area contributed by atoms with Gasteiger partial charge in [-0.25, -0.2) is 4.79 Å². The minimum atomic E-state index is -1.11. The largest absolute Gasteiger partial charge is 0.334 e. The summed E-state index contributed by atoms with van der Waals surface area (Å²) in [5.74, 6) is -0.0541. The van der Waals surface area contributed by atoms with Crippen LogP contribution in [0.25, 0.3) is 0 Å². The maximum absolute atomic E-state index is 12.9. The van der Waals surface area contributed by atoms with Crippen LogP contribution in [0.15, 0.2) is 24.3 Å². The van der Waals surface area contributed by atoms with E-state index in [-0.39, 0.29) is 24.4 Å². The number of benzene rings is 1. The molecule has 0 bridgehead atoms. The van der Waals surface area contributed by atoms with Gasteiger partial charge in [0.2, 0.25) is 0 Å². The fourth-order valence-electron chi connectivity index (χ4n) is 3.72. The molecule has 0 saturated carbocycles. The topological polar surface area (TPSA) is 105 Å². The minimum absolute atomic E-state index is 0. The number of likely N-dealkylation sites (tertiary alicyclic amines) is 1. The van der Waals surface area contributed by atoms with Gasteiger partial charge in [-0.15, -0.1) is 12.4 Å². The number of nitrogens with two attached hydrogens (primary N) is 1. The number of urea groups is 1. The molecule has 3 rings (SSSR count). The van der Waals surface area contributed by atoms with Crippen LogP contribution in [0.4, 0.5) is 4.79 Å². The fourth-order valence-corrected chi connectivity index (χ4v) is 3.72. The summed E-state index contributed by atoms with van der Waals surface area (Å²) in [5, 5.41) is 4.85. The summed E-state index contributed by atoms with van der Waals surface area (Å²) < 4.78 is 0. The van der Waals surface area contributed by atoms with Gasteiger partial charge in [0.25, 0.3) is 11.8 Å². The molecule has 4 N–H and O–H groups in total. The first-order valence-electron chi connectivity index (χ1n) is 8.62. The molecule has 2 heterocycles. The summed E-state index contributed by atoms with van der Waals surface area (Å²) in [7, 11) is 0. The summed E-state index contributed by atoms with van der Waals surface area (Å²) in [6.45, 7) is 4.93. The van der Waals surface area contributed by atoms with E-state index in [1.807, 2.05) is 4.90 Å². The van der Waals surface area contributed by atoms with Crippen LogP contribution < -0.4 is 16.4 Å². The predicted molar refractivity (Wildman–Crippen MR) is 100.0 cm³/mol. The van der Waals surface area contributed by atoms with Gasteiger partial charge in [-0.3, -0.25) is 14.9 Å². The Labute approximate surface area is 159 Å². The molecule has 142 valence electrons. The standard InChI is InChI=1S/C18H24N4O3.ClH/c1-11-4-3-9-22(14(11)10-19)15(23)12-5-7-13(8-6-12)18(2)16(24)20-17(25)21-18;/h5-8,11,14H,3-4,9-10,19H2,1-2H3,(H2,20,21,24,25);1H. The average molecular weight is 381 g/mol. The number of rotatable bonds is 3. The third kappa shape index (κ3) is 3.41. The first-order chi connectivity index (χ1) is 11.9. The van der Waals surface area contributed by atoms with E-state index in [0.29, 0.717) is 30.1 Å². The molecule has 2 saturated heterocycles. The Morgan fingerprint density at radius 1 is 1.31 bits per heavy atom. The van der Waals surface area contributed by atoms with Crippen LogP contribution in [-0.4, -0.2) is 41.9 Å². The van der Waals surface area contributed by atoms with Crippen LogP contribution in [0.3, 0.4) is 0 Å². The highest BCUT2D eigenvalue weighted by atomic mass is 35.5. The summed E-state index contributed by atoms with van der Waals surface area (Å²) in [6.07, 6.45) is 2.06. The number of amides is 4. The first-order valence-corrected chi connectivity index (χ1v) is 8.62. The molecule has 1 aromatic carbocycles. The lowest BCUT2D eigenvalue weighted by Gasteiger charge is -2.39. The fraction of sp³-hybridized carbons (Fsp3) is 0.500. The second kappa shape index (κ2) is 7.63. The molecular weight excluding hydrogens is 356 g/mol. The maximum Gasteiger partial charge on any atom is 0.322 e. The molecular formula is C18H25ClN4O3. The molecule has 1 aromatic rings. The van der Waals surface area contributed by atoms with Gasteiger partial charge in [0.15, 0.2) is 0 Å². The van der Waals surface area contributed by atoms with E-state index < -0.39 is 17.5 Å². The van der Waals surface area contributed by atoms with Crippen molar-refractivity contribution in [1.82, 2.24) is 15.5 Å². The van der Waals surface area contributed by atoms with Gasteiger partial charge in [-0.1, -0.05) is 19.1 Å². The van der Waals surface area contributed by atoms with Crippen LogP contribution in [-0.2, 0) is 10.3 Å². The maximum atomic E-state index is 12.9. The summed E-state index contributed by atoms with van der Waals surface area (Å²) in [6, 6.07) is 6.37. The zero-order chi connectivity index (χ0) is 18.2. The van der Waals surface area contributed by atoms with E-state index >= 15 is 0 Å². The molecule has 0 radical (unpaired) electrons. The molecule has 2 aliphatic heterocycles. The van der Waals surface area contributed by atoms with Crippen molar-refractivity contribution in [3.8, 4) is 0 Å². The lowest BCUT2D eigenvalue weighted by molar-refractivity contribution is -0.123. The quantitative estimate of drug-likeness (QED) is 0.688. The molecule has 26 heavy (non-hydrogen) atoms. The van der Waals surface area contributed by atoms with E-state index in [1.54, 1.807) is 31.2 Å². The van der Waals surface area contributed by atoms with Crippen LogP contribution in [0, 0.1) is 5.92 Å². The Bertz CT molecular complexity index is 709. The van der Waals surface area contributed by atoms with Gasteiger partial charge >= 0.3 is 6.03 Å². The van der Waals surface area contributed by atoms with E-state index in [4.69, 9.17) is 5.73 Å². The normalized spacial score (nSPS) is 28.2. The SMILES string of the molecule is CC1CCCN(C(=O)c2ccc(C3(C)NC(=O)NC3=O)cc2)C1CN.Cl. The molecule has 0 aromatic heterocycles. The Morgan fingerprint density at radius 2 is 1.96 bits per heavy atom. The van der Waals surface area contributed by atoms with E-state index in [2.05, 4.69) is 17.6 Å². The first kappa shape index (κ1) is 20.2. The number of nitrogens with zero attached hydrogens (tertiary/aromatic N) is 1. The predicted octanol–water partition coefficient (Wildman–Crippen LogP) is 1.36. The number of carbonyl (C=O) groups is 3. The van der Waals surface area contributed by atoms with Gasteiger partial charge in [-0.05, 0) is 43.4 Å². The van der Waals surface area contributed by atoms with Crippen molar-refractivity contribution < 1.29 is 14.4 Å². The molecule has 7 nitrogen and oxygen atoms in total. The second-order valence-corrected chi connectivity index (χ2v) is 7.03. The summed E-state index contributed by atoms with van der Waals surface area (Å²) in [5.41, 5.74) is 5.95. The molecule has 0 spiro atoms. The van der Waals surface area contributed by atoms with Crippen molar-refractivity contribution in [2.75, 3.05) is 13.1 Å². The molecule has 0 aliphatic carbocycles. The molecule has 3 atom stereocenters. The van der Waals surface area contributed by atoms with E-state index in [9.17, 15) is 14.4 Å². The van der Waals surface area contributed by atoms with Crippen molar-refractivity contribution in [2.45, 2.75) is 38.3 Å². The number of hydrogen-bond donors (Lipinski definition) is 3. The third-order valence-electron chi connectivity index (χ3n) is 5.37. The monoisotopic (exact) mass is 380 g/mol. The van der Waals surface area contributed by atoms with Gasteiger partial charge in [0.1, 0.15) is 5.54 Å². The number of hydrogen-bond acceptors (Lipinski definition) is 4. The number of halogens is 1. The highest BCUT2D eigenvalue weighted by molar-refractivity contribution is 6.07. The Hall–Kier alpha value is -2.12. The Kier molecular flexibility index (Phi) is 5.93. The molecule has 2 fully saturated rings. The van der Waals surface area contributed by atoms with Crippen molar-refractivity contribution in [1.29, 1.82) is 0 Å². The van der Waals surface area contributed by atoms with Crippen molar-refractivity contribution >= 4 is 30.3 Å². The zero-order valence-electron chi connectivity index (χ0n) is 15.0. The second-order valence-electron chi connectivity index (χ2n) is 7.03. The third-order valence-corrected chi connectivity index (χ3v) is 5.37. The van der Waals surface area contributed by atoms with Crippen LogP contribution in [0.2, 0.25) is 0 Å². The van der Waals surface area contributed by atoms with Gasteiger partial charge < -0.3 is 16.0 Å². The van der Waals surface area contributed by atoms with Crippen LogP contribution >= 0.6 is 12.4 Å². The van der Waals surface area contributed by atoms with E-state index in [0.717, 1.165) is 12.8 Å². The number of piperidine rings is 1. The van der Waals surface area contributed by atoms with Crippen LogP contribution in [0.1, 0.15) is 42.6 Å². The molecule has 2 aliphatic rings. The van der Waals surface area contributed by atoms with Crippen molar-refractivity contribution in [3.63, 3.8) is 0 Å².